The lowest BCUT2D eigenvalue weighted by atomic mass is 9.93. The number of carbonyl (C=O) groups is 2. The van der Waals surface area contributed by atoms with E-state index in [1.54, 1.807) is 31.4 Å². The molecule has 3 aromatic rings. The Balaban J connectivity index is 1.93. The van der Waals surface area contributed by atoms with Crippen LogP contribution in [0.1, 0.15) is 42.5 Å². The van der Waals surface area contributed by atoms with Gasteiger partial charge in [0.25, 0.3) is 11.7 Å². The fourth-order valence-electron chi connectivity index (χ4n) is 4.13. The molecule has 0 spiro atoms. The van der Waals surface area contributed by atoms with Crippen molar-refractivity contribution in [2.24, 2.45) is 0 Å². The Morgan fingerprint density at radius 1 is 0.938 bits per heavy atom. The first-order valence-corrected chi connectivity index (χ1v) is 10.5. The van der Waals surface area contributed by atoms with Crippen LogP contribution in [0.5, 0.6) is 5.75 Å². The summed E-state index contributed by atoms with van der Waals surface area (Å²) in [5.74, 6) is -0.707. The van der Waals surface area contributed by atoms with E-state index in [2.05, 4.69) is 0 Å². The number of para-hydroxylation sites is 1. The van der Waals surface area contributed by atoms with Crippen LogP contribution in [-0.4, -0.2) is 23.9 Å². The molecule has 1 aliphatic heterocycles. The number of hydrogen-bond donors (Lipinski definition) is 1. The molecule has 1 heterocycles. The van der Waals surface area contributed by atoms with Gasteiger partial charge in [0.15, 0.2) is 0 Å². The lowest BCUT2D eigenvalue weighted by Crippen LogP contribution is -2.29. The number of carbonyl (C=O) groups excluding carboxylic acids is 2. The Morgan fingerprint density at radius 2 is 1.56 bits per heavy atom. The Morgan fingerprint density at radius 3 is 2.16 bits per heavy atom. The van der Waals surface area contributed by atoms with Gasteiger partial charge in [-0.05, 0) is 47.4 Å². The van der Waals surface area contributed by atoms with Crippen molar-refractivity contribution in [2.45, 2.75) is 25.8 Å². The molecule has 1 N–H and O–H groups in total. The van der Waals surface area contributed by atoms with E-state index in [1.807, 2.05) is 68.4 Å². The van der Waals surface area contributed by atoms with Crippen molar-refractivity contribution in [1.82, 2.24) is 0 Å². The number of benzene rings is 3. The Kier molecular flexibility index (Phi) is 5.82. The first-order chi connectivity index (χ1) is 15.4. The van der Waals surface area contributed by atoms with Crippen molar-refractivity contribution in [3.05, 3.63) is 101 Å². The molecule has 4 rings (SSSR count). The van der Waals surface area contributed by atoms with Crippen molar-refractivity contribution in [3.8, 4) is 5.75 Å². The lowest BCUT2D eigenvalue weighted by molar-refractivity contribution is -0.132. The van der Waals surface area contributed by atoms with Gasteiger partial charge in [0.05, 0.1) is 18.7 Å². The van der Waals surface area contributed by atoms with Crippen LogP contribution < -0.4 is 9.64 Å². The van der Waals surface area contributed by atoms with E-state index in [1.165, 1.54) is 4.90 Å². The third kappa shape index (κ3) is 3.66. The van der Waals surface area contributed by atoms with Crippen molar-refractivity contribution in [2.75, 3.05) is 12.0 Å². The molecule has 1 saturated heterocycles. The molecule has 162 valence electrons. The predicted octanol–water partition coefficient (Wildman–Crippen LogP) is 5.44. The van der Waals surface area contributed by atoms with Crippen molar-refractivity contribution < 1.29 is 19.4 Å². The summed E-state index contributed by atoms with van der Waals surface area (Å²) in [4.78, 5) is 27.8. The molecule has 1 atom stereocenters. The van der Waals surface area contributed by atoms with Crippen LogP contribution in [0.3, 0.4) is 0 Å². The van der Waals surface area contributed by atoms with Gasteiger partial charge in [0.2, 0.25) is 0 Å². The summed E-state index contributed by atoms with van der Waals surface area (Å²) in [7, 11) is 1.60. The number of anilines is 1. The summed E-state index contributed by atoms with van der Waals surface area (Å²) in [5, 5.41) is 11.3. The second-order valence-corrected chi connectivity index (χ2v) is 8.03. The Hall–Kier alpha value is -3.86. The number of aliphatic hydroxyl groups is 1. The highest BCUT2D eigenvalue weighted by atomic mass is 16.5. The van der Waals surface area contributed by atoms with Crippen molar-refractivity contribution in [1.29, 1.82) is 0 Å². The van der Waals surface area contributed by atoms with Gasteiger partial charge in [-0.25, -0.2) is 0 Å². The van der Waals surface area contributed by atoms with E-state index < -0.39 is 17.7 Å². The minimum absolute atomic E-state index is 0.0740. The fourth-order valence-corrected chi connectivity index (χ4v) is 4.13. The summed E-state index contributed by atoms with van der Waals surface area (Å²) in [5.41, 5.74) is 2.80. The van der Waals surface area contributed by atoms with E-state index in [-0.39, 0.29) is 17.3 Å². The molecule has 0 aromatic heterocycles. The number of nitrogens with zero attached hydrogens (tertiary/aromatic N) is 1. The molecule has 1 aliphatic rings. The highest BCUT2D eigenvalue weighted by molar-refractivity contribution is 6.51. The third-order valence-electron chi connectivity index (χ3n) is 5.72. The van der Waals surface area contributed by atoms with Gasteiger partial charge in [0.1, 0.15) is 11.5 Å². The summed E-state index contributed by atoms with van der Waals surface area (Å²) in [6, 6.07) is 22.9. The van der Waals surface area contributed by atoms with Crippen molar-refractivity contribution >= 4 is 23.1 Å². The minimum Gasteiger partial charge on any atom is -0.507 e. The maximum Gasteiger partial charge on any atom is 0.300 e. The average molecular weight is 428 g/mol. The first kappa shape index (κ1) is 21.4. The number of ether oxygens (including phenoxy) is 1. The largest absolute Gasteiger partial charge is 0.507 e. The monoisotopic (exact) mass is 427 g/mol. The van der Waals surface area contributed by atoms with Gasteiger partial charge in [0, 0.05) is 11.3 Å². The summed E-state index contributed by atoms with van der Waals surface area (Å²) < 4.78 is 5.44. The van der Waals surface area contributed by atoms with Crippen molar-refractivity contribution in [3.63, 3.8) is 0 Å². The van der Waals surface area contributed by atoms with E-state index in [0.717, 1.165) is 11.1 Å². The van der Waals surface area contributed by atoms with Gasteiger partial charge in [-0.15, -0.1) is 0 Å². The second kappa shape index (κ2) is 8.71. The number of Topliss-reactive ketones (excluding diaryl/α,β-unsaturated/α-hetero) is 1. The number of methoxy groups -OCH3 is 1. The summed E-state index contributed by atoms with van der Waals surface area (Å²) in [6.07, 6.45) is 0. The number of aliphatic hydroxyl groups excluding tert-OH is 1. The van der Waals surface area contributed by atoms with Crippen LogP contribution in [0.15, 0.2) is 84.4 Å². The number of hydrogen-bond acceptors (Lipinski definition) is 4. The molecule has 1 amide bonds. The van der Waals surface area contributed by atoms with Crippen LogP contribution >= 0.6 is 0 Å². The van der Waals surface area contributed by atoms with Gasteiger partial charge in [-0.3, -0.25) is 14.5 Å². The zero-order valence-corrected chi connectivity index (χ0v) is 18.3. The molecule has 0 bridgehead atoms. The summed E-state index contributed by atoms with van der Waals surface area (Å²) in [6.45, 7) is 4.06. The molecule has 1 unspecified atom stereocenters. The molecule has 32 heavy (non-hydrogen) atoms. The first-order valence-electron chi connectivity index (χ1n) is 10.5. The molecular formula is C27H25NO4. The standard InChI is InChI=1S/C27H25NO4/c1-17(2)21-16-19(14-15-22(21)32-3)25(29)23-24(18-10-6-4-7-11-18)28(27(31)26(23)30)20-12-8-5-9-13-20/h4-17,24,29H,1-3H3/b25-23-. The second-order valence-electron chi connectivity index (χ2n) is 8.03. The van der Waals surface area contributed by atoms with Gasteiger partial charge in [-0.1, -0.05) is 62.4 Å². The third-order valence-corrected chi connectivity index (χ3v) is 5.72. The molecule has 0 radical (unpaired) electrons. The molecule has 3 aromatic carbocycles. The maximum atomic E-state index is 13.2. The van der Waals surface area contributed by atoms with Gasteiger partial charge >= 0.3 is 0 Å². The molecule has 5 nitrogen and oxygen atoms in total. The van der Waals surface area contributed by atoms with Gasteiger partial charge < -0.3 is 9.84 Å². The maximum absolute atomic E-state index is 13.2. The van der Waals surface area contributed by atoms with Crippen LogP contribution in [-0.2, 0) is 9.59 Å². The molecule has 0 saturated carbocycles. The van der Waals surface area contributed by atoms with E-state index in [4.69, 9.17) is 4.74 Å². The number of ketones is 1. The molecule has 0 aliphatic carbocycles. The highest BCUT2D eigenvalue weighted by Gasteiger charge is 2.46. The van der Waals surface area contributed by atoms with E-state index in [9.17, 15) is 14.7 Å². The fraction of sp³-hybridized carbons (Fsp3) is 0.185. The molecule has 1 fully saturated rings. The van der Waals surface area contributed by atoms with Crippen LogP contribution in [0.4, 0.5) is 5.69 Å². The zero-order chi connectivity index (χ0) is 22.8. The lowest BCUT2D eigenvalue weighted by Gasteiger charge is -2.25. The smallest absolute Gasteiger partial charge is 0.300 e. The minimum atomic E-state index is -0.733. The van der Waals surface area contributed by atoms with Gasteiger partial charge in [-0.2, -0.15) is 0 Å². The normalized spacial score (nSPS) is 17.8. The van der Waals surface area contributed by atoms with Crippen LogP contribution in [0, 0.1) is 0 Å². The van der Waals surface area contributed by atoms with Crippen LogP contribution in [0.25, 0.3) is 5.76 Å². The molecule has 5 heteroatoms. The Labute approximate surface area is 187 Å². The predicted molar refractivity (Wildman–Crippen MR) is 125 cm³/mol. The summed E-state index contributed by atoms with van der Waals surface area (Å²) >= 11 is 0. The number of amides is 1. The Bertz CT molecular complexity index is 1180. The SMILES string of the molecule is COc1ccc(/C(O)=C2/C(=O)C(=O)N(c3ccccc3)C2c2ccccc2)cc1C(C)C. The average Bonchev–Trinajstić information content (AvgIpc) is 3.09. The topological polar surface area (TPSA) is 66.8 Å². The molecular weight excluding hydrogens is 402 g/mol. The quantitative estimate of drug-likeness (QED) is 0.334. The van der Waals surface area contributed by atoms with Crippen LogP contribution in [0.2, 0.25) is 0 Å². The zero-order valence-electron chi connectivity index (χ0n) is 18.3. The van der Waals surface area contributed by atoms with E-state index in [0.29, 0.717) is 17.0 Å². The highest BCUT2D eigenvalue weighted by Crippen LogP contribution is 2.42. The number of rotatable bonds is 5. The van der Waals surface area contributed by atoms with E-state index >= 15 is 0 Å².